The second kappa shape index (κ2) is 4.40. The molecule has 6 nitrogen and oxygen atoms in total. The number of benzene rings is 1. The first-order chi connectivity index (χ1) is 9.19. The first-order valence-electron chi connectivity index (χ1n) is 6.06. The van der Waals surface area contributed by atoms with E-state index in [4.69, 9.17) is 10.2 Å². The zero-order valence-corrected chi connectivity index (χ0v) is 10.5. The SMILES string of the molecule is Cc1[nH]nc(CCN)c1-c1ccc2[nH]c(=O)oc2c1. The van der Waals surface area contributed by atoms with E-state index >= 15 is 0 Å². The summed E-state index contributed by atoms with van der Waals surface area (Å²) in [5, 5.41) is 7.23. The molecule has 0 aliphatic heterocycles. The van der Waals surface area contributed by atoms with Crippen LogP contribution in [0.5, 0.6) is 0 Å². The van der Waals surface area contributed by atoms with Gasteiger partial charge in [0.25, 0.3) is 0 Å². The molecule has 0 fully saturated rings. The second-order valence-electron chi connectivity index (χ2n) is 4.43. The van der Waals surface area contributed by atoms with Crippen molar-refractivity contribution in [1.82, 2.24) is 15.2 Å². The predicted molar refractivity (Wildman–Crippen MR) is 71.9 cm³/mol. The van der Waals surface area contributed by atoms with E-state index in [9.17, 15) is 4.79 Å². The van der Waals surface area contributed by atoms with Crippen molar-refractivity contribution in [3.8, 4) is 11.1 Å². The van der Waals surface area contributed by atoms with Gasteiger partial charge in [-0.2, -0.15) is 5.10 Å². The summed E-state index contributed by atoms with van der Waals surface area (Å²) >= 11 is 0. The number of fused-ring (bicyclic) bond motifs is 1. The fourth-order valence-corrected chi connectivity index (χ4v) is 2.28. The normalized spacial score (nSPS) is 11.3. The van der Waals surface area contributed by atoms with Gasteiger partial charge in [-0.05, 0) is 31.2 Å². The largest absolute Gasteiger partial charge is 0.417 e. The highest BCUT2D eigenvalue weighted by Gasteiger charge is 2.13. The van der Waals surface area contributed by atoms with Crippen LogP contribution in [0.4, 0.5) is 0 Å². The maximum absolute atomic E-state index is 11.2. The number of rotatable bonds is 3. The number of nitrogens with one attached hydrogen (secondary N) is 2. The lowest BCUT2D eigenvalue weighted by atomic mass is 10.0. The molecule has 0 aliphatic carbocycles. The maximum atomic E-state index is 11.2. The van der Waals surface area contributed by atoms with Crippen molar-refractivity contribution in [3.63, 3.8) is 0 Å². The van der Waals surface area contributed by atoms with Gasteiger partial charge in [0.1, 0.15) is 0 Å². The van der Waals surface area contributed by atoms with Crippen molar-refractivity contribution in [2.24, 2.45) is 5.73 Å². The van der Waals surface area contributed by atoms with Gasteiger partial charge in [0.15, 0.2) is 5.58 Å². The fourth-order valence-electron chi connectivity index (χ4n) is 2.28. The highest BCUT2D eigenvalue weighted by molar-refractivity contribution is 5.81. The van der Waals surface area contributed by atoms with Crippen molar-refractivity contribution in [1.29, 1.82) is 0 Å². The first kappa shape index (κ1) is 11.7. The highest BCUT2D eigenvalue weighted by atomic mass is 16.4. The molecule has 0 atom stereocenters. The Morgan fingerprint density at radius 3 is 3.05 bits per heavy atom. The molecule has 0 bridgehead atoms. The van der Waals surface area contributed by atoms with Crippen LogP contribution in [0.3, 0.4) is 0 Å². The minimum absolute atomic E-state index is 0.446. The highest BCUT2D eigenvalue weighted by Crippen LogP contribution is 2.28. The Morgan fingerprint density at radius 2 is 2.26 bits per heavy atom. The molecule has 4 N–H and O–H groups in total. The number of aromatic amines is 2. The molecule has 0 radical (unpaired) electrons. The molecule has 0 aliphatic rings. The Morgan fingerprint density at radius 1 is 1.42 bits per heavy atom. The van der Waals surface area contributed by atoms with Crippen molar-refractivity contribution < 1.29 is 4.42 Å². The van der Waals surface area contributed by atoms with Crippen LogP contribution in [-0.2, 0) is 6.42 Å². The maximum Gasteiger partial charge on any atom is 0.417 e. The van der Waals surface area contributed by atoms with Crippen LogP contribution in [0, 0.1) is 6.92 Å². The monoisotopic (exact) mass is 258 g/mol. The third-order valence-corrected chi connectivity index (χ3v) is 3.11. The van der Waals surface area contributed by atoms with Gasteiger partial charge >= 0.3 is 5.76 Å². The number of aryl methyl sites for hydroxylation is 1. The minimum atomic E-state index is -0.446. The summed E-state index contributed by atoms with van der Waals surface area (Å²) in [4.78, 5) is 13.8. The van der Waals surface area contributed by atoms with Crippen LogP contribution in [0.25, 0.3) is 22.2 Å². The van der Waals surface area contributed by atoms with Gasteiger partial charge in [-0.1, -0.05) is 6.07 Å². The number of hydrogen-bond acceptors (Lipinski definition) is 4. The van der Waals surface area contributed by atoms with Gasteiger partial charge in [0.2, 0.25) is 0 Å². The Hall–Kier alpha value is -2.34. The lowest BCUT2D eigenvalue weighted by molar-refractivity contribution is 0.555. The molecule has 2 aromatic heterocycles. The van der Waals surface area contributed by atoms with Crippen molar-refractivity contribution >= 4 is 11.1 Å². The van der Waals surface area contributed by atoms with E-state index in [1.165, 1.54) is 0 Å². The molecule has 0 spiro atoms. The van der Waals surface area contributed by atoms with Crippen molar-refractivity contribution in [2.45, 2.75) is 13.3 Å². The van der Waals surface area contributed by atoms with Gasteiger partial charge in [-0.15, -0.1) is 0 Å². The fraction of sp³-hybridized carbons (Fsp3) is 0.231. The summed E-state index contributed by atoms with van der Waals surface area (Å²) in [6, 6.07) is 5.60. The standard InChI is InChI=1S/C13H14N4O2/c1-7-12(10(4-5-14)17-16-7)8-2-3-9-11(6-8)19-13(18)15-9/h2-3,6H,4-5,14H2,1H3,(H,15,18)(H,16,17). The molecule has 0 saturated heterocycles. The first-order valence-corrected chi connectivity index (χ1v) is 6.06. The molecule has 2 heterocycles. The van der Waals surface area contributed by atoms with Crippen LogP contribution < -0.4 is 11.5 Å². The van der Waals surface area contributed by atoms with Crippen LogP contribution in [-0.4, -0.2) is 21.7 Å². The zero-order chi connectivity index (χ0) is 13.4. The molecule has 0 saturated carbocycles. The Kier molecular flexibility index (Phi) is 2.72. The van der Waals surface area contributed by atoms with E-state index in [2.05, 4.69) is 15.2 Å². The Bertz CT molecular complexity index is 781. The third kappa shape index (κ3) is 1.96. The van der Waals surface area contributed by atoms with Gasteiger partial charge in [0.05, 0.1) is 11.2 Å². The predicted octanol–water partition coefficient (Wildman–Crippen LogP) is 1.32. The lowest BCUT2D eigenvalue weighted by Gasteiger charge is -2.03. The summed E-state index contributed by atoms with van der Waals surface area (Å²) in [5.74, 6) is -0.446. The van der Waals surface area contributed by atoms with Crippen LogP contribution in [0.2, 0.25) is 0 Å². The van der Waals surface area contributed by atoms with Gasteiger partial charge in [0, 0.05) is 17.7 Å². The molecule has 0 amide bonds. The number of nitrogens with two attached hydrogens (primary N) is 1. The molecule has 0 unspecified atom stereocenters. The number of oxazole rings is 1. The van der Waals surface area contributed by atoms with E-state index in [0.29, 0.717) is 24.1 Å². The quantitative estimate of drug-likeness (QED) is 0.659. The van der Waals surface area contributed by atoms with Crippen LogP contribution in [0.15, 0.2) is 27.4 Å². The Labute approximate surface area is 108 Å². The average Bonchev–Trinajstić information content (AvgIpc) is 2.91. The lowest BCUT2D eigenvalue weighted by Crippen LogP contribution is -2.04. The number of hydrogen-bond donors (Lipinski definition) is 3. The summed E-state index contributed by atoms with van der Waals surface area (Å²) in [6.45, 7) is 2.50. The number of aromatic nitrogens is 3. The van der Waals surface area contributed by atoms with Gasteiger partial charge in [-0.25, -0.2) is 4.79 Å². The second-order valence-corrected chi connectivity index (χ2v) is 4.43. The van der Waals surface area contributed by atoms with E-state index < -0.39 is 5.76 Å². The molecule has 3 rings (SSSR count). The summed E-state index contributed by atoms with van der Waals surface area (Å²) in [6.07, 6.45) is 0.703. The summed E-state index contributed by atoms with van der Waals surface area (Å²) in [5.41, 5.74) is 10.7. The number of nitrogens with zero attached hydrogens (tertiary/aromatic N) is 1. The smallest absolute Gasteiger partial charge is 0.408 e. The molecular weight excluding hydrogens is 244 g/mol. The van der Waals surface area contributed by atoms with Crippen molar-refractivity contribution in [2.75, 3.05) is 6.54 Å². The molecular formula is C13H14N4O2. The third-order valence-electron chi connectivity index (χ3n) is 3.11. The van der Waals surface area contributed by atoms with E-state index in [1.54, 1.807) is 0 Å². The zero-order valence-electron chi connectivity index (χ0n) is 10.5. The number of H-pyrrole nitrogens is 2. The van der Waals surface area contributed by atoms with E-state index in [0.717, 1.165) is 22.5 Å². The molecule has 3 aromatic rings. The molecule has 1 aromatic carbocycles. The molecule has 98 valence electrons. The van der Waals surface area contributed by atoms with E-state index in [-0.39, 0.29) is 0 Å². The molecule has 6 heteroatoms. The van der Waals surface area contributed by atoms with Crippen LogP contribution in [0.1, 0.15) is 11.4 Å². The van der Waals surface area contributed by atoms with E-state index in [1.807, 2.05) is 25.1 Å². The summed E-state index contributed by atoms with van der Waals surface area (Å²) in [7, 11) is 0. The minimum Gasteiger partial charge on any atom is -0.408 e. The van der Waals surface area contributed by atoms with Crippen molar-refractivity contribution in [3.05, 3.63) is 40.1 Å². The van der Waals surface area contributed by atoms with Gasteiger partial charge in [-0.3, -0.25) is 10.1 Å². The molecule has 19 heavy (non-hydrogen) atoms. The average molecular weight is 258 g/mol. The van der Waals surface area contributed by atoms with Crippen LogP contribution >= 0.6 is 0 Å². The Balaban J connectivity index is 2.17. The topological polar surface area (TPSA) is 101 Å². The summed E-state index contributed by atoms with van der Waals surface area (Å²) < 4.78 is 5.08. The van der Waals surface area contributed by atoms with Gasteiger partial charge < -0.3 is 10.2 Å².